The molecule has 1 amide bonds. The number of para-hydroxylation sites is 1. The third-order valence-electron chi connectivity index (χ3n) is 4.33. The van der Waals surface area contributed by atoms with E-state index in [0.717, 1.165) is 10.0 Å². The highest BCUT2D eigenvalue weighted by Crippen LogP contribution is 2.21. The molecule has 0 radical (unpaired) electrons. The topological polar surface area (TPSA) is 76.9 Å². The molecule has 0 aliphatic heterocycles. The van der Waals surface area contributed by atoms with Crippen LogP contribution in [0.3, 0.4) is 0 Å². The van der Waals surface area contributed by atoms with Gasteiger partial charge in [0.15, 0.2) is 5.16 Å². The molecule has 30 heavy (non-hydrogen) atoms. The van der Waals surface area contributed by atoms with E-state index in [4.69, 9.17) is 0 Å². The van der Waals surface area contributed by atoms with E-state index in [1.54, 1.807) is 30.5 Å². The van der Waals surface area contributed by atoms with Crippen molar-refractivity contribution in [2.45, 2.75) is 12.1 Å². The first-order valence-corrected chi connectivity index (χ1v) is 10.9. The fourth-order valence-electron chi connectivity index (χ4n) is 2.86. The van der Waals surface area contributed by atoms with Gasteiger partial charge in [0.2, 0.25) is 5.91 Å². The van der Waals surface area contributed by atoms with Crippen molar-refractivity contribution in [1.82, 2.24) is 14.5 Å². The summed E-state index contributed by atoms with van der Waals surface area (Å²) in [5.74, 6) is 0.389. The van der Waals surface area contributed by atoms with Crippen LogP contribution in [-0.4, -0.2) is 26.2 Å². The third kappa shape index (κ3) is 4.44. The van der Waals surface area contributed by atoms with Crippen molar-refractivity contribution in [3.8, 4) is 5.82 Å². The lowest BCUT2D eigenvalue weighted by molar-refractivity contribution is -0.113. The smallest absolute Gasteiger partial charge is 0.267 e. The van der Waals surface area contributed by atoms with Crippen molar-refractivity contribution in [3.05, 3.63) is 87.3 Å². The Morgan fingerprint density at radius 3 is 2.60 bits per heavy atom. The number of rotatable bonds is 5. The van der Waals surface area contributed by atoms with Crippen LogP contribution in [-0.2, 0) is 4.79 Å². The van der Waals surface area contributed by atoms with Crippen LogP contribution in [0.25, 0.3) is 16.7 Å². The molecular weight excluding hydrogens is 464 g/mol. The summed E-state index contributed by atoms with van der Waals surface area (Å²) in [6.07, 6.45) is 1.70. The van der Waals surface area contributed by atoms with Crippen molar-refractivity contribution in [1.29, 1.82) is 0 Å². The quantitative estimate of drug-likeness (QED) is 0.334. The first-order valence-electron chi connectivity index (χ1n) is 9.14. The van der Waals surface area contributed by atoms with Gasteiger partial charge in [0.25, 0.3) is 5.56 Å². The summed E-state index contributed by atoms with van der Waals surface area (Å²) in [5.41, 5.74) is 2.06. The number of carbonyl (C=O) groups excluding carboxylic acids is 1. The van der Waals surface area contributed by atoms with Gasteiger partial charge in [-0.05, 0) is 55.0 Å². The van der Waals surface area contributed by atoms with Crippen molar-refractivity contribution in [2.75, 3.05) is 11.1 Å². The largest absolute Gasteiger partial charge is 0.325 e. The van der Waals surface area contributed by atoms with Crippen molar-refractivity contribution >= 4 is 50.2 Å². The molecule has 150 valence electrons. The number of fused-ring (bicyclic) bond motifs is 1. The van der Waals surface area contributed by atoms with Gasteiger partial charge in [-0.25, -0.2) is 14.5 Å². The Balaban J connectivity index is 1.66. The van der Waals surface area contributed by atoms with E-state index in [1.165, 1.54) is 16.3 Å². The van der Waals surface area contributed by atoms with Gasteiger partial charge in [0, 0.05) is 16.4 Å². The highest BCUT2D eigenvalue weighted by Gasteiger charge is 2.15. The number of pyridine rings is 1. The van der Waals surface area contributed by atoms with E-state index in [0.29, 0.717) is 27.6 Å². The number of nitrogens with one attached hydrogen (secondary N) is 1. The minimum atomic E-state index is -0.215. The van der Waals surface area contributed by atoms with Gasteiger partial charge in [-0.3, -0.25) is 9.59 Å². The summed E-state index contributed by atoms with van der Waals surface area (Å²) in [6, 6.07) is 18.2. The van der Waals surface area contributed by atoms with Crippen molar-refractivity contribution in [3.63, 3.8) is 0 Å². The second-order valence-corrected chi connectivity index (χ2v) is 8.45. The summed E-state index contributed by atoms with van der Waals surface area (Å²) in [5, 5.41) is 3.77. The van der Waals surface area contributed by atoms with E-state index in [1.807, 2.05) is 43.3 Å². The zero-order valence-corrected chi connectivity index (χ0v) is 18.4. The molecule has 0 fully saturated rings. The van der Waals surface area contributed by atoms with Gasteiger partial charge in [0.1, 0.15) is 5.82 Å². The monoisotopic (exact) mass is 480 g/mol. The molecular formula is C22H17BrN4O2S. The Morgan fingerprint density at radius 2 is 1.87 bits per heavy atom. The van der Waals surface area contributed by atoms with Gasteiger partial charge in [-0.15, -0.1) is 0 Å². The SMILES string of the molecule is Cc1ccc(-n2c(SCC(=O)Nc3ccc(Br)cc3)nc3ccccc3c2=O)nc1. The number of hydrogen-bond acceptors (Lipinski definition) is 5. The van der Waals surface area contributed by atoms with Gasteiger partial charge in [0.05, 0.1) is 16.7 Å². The Kier molecular flexibility index (Phi) is 5.96. The molecule has 1 N–H and O–H groups in total. The molecule has 0 spiro atoms. The predicted molar refractivity (Wildman–Crippen MR) is 123 cm³/mol. The van der Waals surface area contributed by atoms with Gasteiger partial charge < -0.3 is 5.32 Å². The zero-order chi connectivity index (χ0) is 21.1. The van der Waals surface area contributed by atoms with Crippen molar-refractivity contribution < 1.29 is 4.79 Å². The Hall–Kier alpha value is -2.97. The molecule has 0 atom stereocenters. The fraction of sp³-hybridized carbons (Fsp3) is 0.0909. The number of aryl methyl sites for hydroxylation is 1. The minimum Gasteiger partial charge on any atom is -0.325 e. The van der Waals surface area contributed by atoms with Gasteiger partial charge >= 0.3 is 0 Å². The molecule has 0 aliphatic carbocycles. The molecule has 2 aromatic carbocycles. The van der Waals surface area contributed by atoms with E-state index in [-0.39, 0.29) is 17.2 Å². The Labute approximate surface area is 185 Å². The molecule has 2 heterocycles. The number of aromatic nitrogens is 3. The number of halogens is 1. The molecule has 6 nitrogen and oxygen atoms in total. The van der Waals surface area contributed by atoms with E-state index in [9.17, 15) is 9.59 Å². The molecule has 0 saturated carbocycles. The highest BCUT2D eigenvalue weighted by atomic mass is 79.9. The van der Waals surface area contributed by atoms with E-state index >= 15 is 0 Å². The maximum absolute atomic E-state index is 13.2. The number of thioether (sulfide) groups is 1. The lowest BCUT2D eigenvalue weighted by atomic mass is 10.2. The van der Waals surface area contributed by atoms with Crippen LogP contribution in [0.2, 0.25) is 0 Å². The van der Waals surface area contributed by atoms with Crippen LogP contribution in [0.1, 0.15) is 5.56 Å². The standard InChI is InChI=1S/C22H17BrN4O2S/c1-14-6-11-19(24-12-14)27-21(29)17-4-2-3-5-18(17)26-22(27)30-13-20(28)25-16-9-7-15(23)8-10-16/h2-12H,13H2,1H3,(H,25,28). The zero-order valence-electron chi connectivity index (χ0n) is 16.0. The van der Waals surface area contributed by atoms with E-state index in [2.05, 4.69) is 31.2 Å². The van der Waals surface area contributed by atoms with Gasteiger partial charge in [-0.1, -0.05) is 45.9 Å². The second-order valence-electron chi connectivity index (χ2n) is 6.59. The van der Waals surface area contributed by atoms with Crippen LogP contribution in [0.15, 0.2) is 81.3 Å². The summed E-state index contributed by atoms with van der Waals surface area (Å²) >= 11 is 4.57. The molecule has 4 aromatic rings. The normalized spacial score (nSPS) is 10.9. The first-order chi connectivity index (χ1) is 14.5. The molecule has 2 aromatic heterocycles. The summed E-state index contributed by atoms with van der Waals surface area (Å²) in [6.45, 7) is 1.93. The average molecular weight is 481 g/mol. The molecule has 8 heteroatoms. The van der Waals surface area contributed by atoms with Crippen LogP contribution in [0, 0.1) is 6.92 Å². The summed E-state index contributed by atoms with van der Waals surface area (Å²) < 4.78 is 2.39. The molecule has 0 aliphatic rings. The number of nitrogens with zero attached hydrogens (tertiary/aromatic N) is 3. The summed E-state index contributed by atoms with van der Waals surface area (Å²) in [7, 11) is 0. The Bertz CT molecular complexity index is 1270. The number of hydrogen-bond donors (Lipinski definition) is 1. The molecule has 0 unspecified atom stereocenters. The molecule has 4 rings (SSSR count). The maximum atomic E-state index is 13.2. The average Bonchev–Trinajstić information content (AvgIpc) is 2.75. The predicted octanol–water partition coefficient (Wildman–Crippen LogP) is 4.58. The first kappa shape index (κ1) is 20.3. The molecule has 0 bridgehead atoms. The maximum Gasteiger partial charge on any atom is 0.267 e. The van der Waals surface area contributed by atoms with Gasteiger partial charge in [-0.2, -0.15) is 0 Å². The Morgan fingerprint density at radius 1 is 1.10 bits per heavy atom. The number of carbonyl (C=O) groups is 1. The summed E-state index contributed by atoms with van der Waals surface area (Å²) in [4.78, 5) is 34.6. The highest BCUT2D eigenvalue weighted by molar-refractivity contribution is 9.10. The number of benzene rings is 2. The lowest BCUT2D eigenvalue weighted by Crippen LogP contribution is -2.23. The second kappa shape index (κ2) is 8.81. The van der Waals surface area contributed by atoms with Crippen LogP contribution in [0.4, 0.5) is 5.69 Å². The number of amides is 1. The van der Waals surface area contributed by atoms with Crippen LogP contribution >= 0.6 is 27.7 Å². The third-order valence-corrected chi connectivity index (χ3v) is 5.80. The van der Waals surface area contributed by atoms with Crippen LogP contribution in [0.5, 0.6) is 0 Å². The number of anilines is 1. The minimum absolute atomic E-state index is 0.104. The van der Waals surface area contributed by atoms with Crippen molar-refractivity contribution in [2.24, 2.45) is 0 Å². The van der Waals surface area contributed by atoms with Crippen LogP contribution < -0.4 is 10.9 Å². The van der Waals surface area contributed by atoms with E-state index < -0.39 is 0 Å². The fourth-order valence-corrected chi connectivity index (χ4v) is 3.93. The molecule has 0 saturated heterocycles. The lowest BCUT2D eigenvalue weighted by Gasteiger charge is -2.12.